The molecule has 1 aromatic rings. The zero-order valence-electron chi connectivity index (χ0n) is 9.33. The van der Waals surface area contributed by atoms with Gasteiger partial charge < -0.3 is 10.3 Å². The fourth-order valence-electron chi connectivity index (χ4n) is 2.25. The number of hydrogen-bond acceptors (Lipinski definition) is 4. The van der Waals surface area contributed by atoms with Gasteiger partial charge in [-0.2, -0.15) is 0 Å². The average molecular weight is 206 g/mol. The Morgan fingerprint density at radius 1 is 1.53 bits per heavy atom. The van der Waals surface area contributed by atoms with Crippen LogP contribution in [0.2, 0.25) is 0 Å². The number of hydrazine groups is 1. The van der Waals surface area contributed by atoms with Gasteiger partial charge in [-0.25, -0.2) is 10.8 Å². The third kappa shape index (κ3) is 1.90. The summed E-state index contributed by atoms with van der Waals surface area (Å²) in [6.45, 7) is 5.66. The van der Waals surface area contributed by atoms with E-state index in [0.717, 1.165) is 12.4 Å². The predicted molar refractivity (Wildman–Crippen MR) is 62.7 cm³/mol. The van der Waals surface area contributed by atoms with Gasteiger partial charge in [-0.3, -0.25) is 0 Å². The Morgan fingerprint density at radius 3 is 2.93 bits per heavy atom. The lowest BCUT2D eigenvalue weighted by Crippen LogP contribution is -2.38. The fraction of sp³-hybridized carbons (Fsp3) is 0.545. The van der Waals surface area contributed by atoms with E-state index in [9.17, 15) is 0 Å². The largest absolute Gasteiger partial charge is 0.366 e. The van der Waals surface area contributed by atoms with Crippen molar-refractivity contribution in [2.24, 2.45) is 5.84 Å². The van der Waals surface area contributed by atoms with Crippen molar-refractivity contribution in [3.05, 3.63) is 18.3 Å². The lowest BCUT2D eigenvalue weighted by Gasteiger charge is -2.33. The number of nitrogens with zero attached hydrogens (tertiary/aromatic N) is 2. The second-order valence-electron chi connectivity index (χ2n) is 4.61. The monoisotopic (exact) mass is 206 g/mol. The molecule has 0 bridgehead atoms. The van der Waals surface area contributed by atoms with Crippen LogP contribution in [0, 0.1) is 0 Å². The maximum Gasteiger partial charge on any atom is 0.141 e. The molecule has 0 spiro atoms. The molecule has 15 heavy (non-hydrogen) atoms. The number of anilines is 2. The molecule has 0 unspecified atom stereocenters. The Bertz CT molecular complexity index is 348. The van der Waals surface area contributed by atoms with Gasteiger partial charge in [-0.05, 0) is 32.8 Å². The molecule has 0 radical (unpaired) electrons. The van der Waals surface area contributed by atoms with E-state index in [1.165, 1.54) is 18.5 Å². The van der Waals surface area contributed by atoms with Crippen LogP contribution < -0.4 is 16.2 Å². The summed E-state index contributed by atoms with van der Waals surface area (Å²) in [7, 11) is 0. The number of nitrogens with one attached hydrogen (secondary N) is 1. The van der Waals surface area contributed by atoms with Crippen LogP contribution in [0.1, 0.15) is 26.7 Å². The first-order chi connectivity index (χ1) is 7.13. The summed E-state index contributed by atoms with van der Waals surface area (Å²) in [5, 5.41) is 0. The lowest BCUT2D eigenvalue weighted by molar-refractivity contribution is 0.518. The summed E-state index contributed by atoms with van der Waals surface area (Å²) in [5.41, 5.74) is 4.02. The highest BCUT2D eigenvalue weighted by Gasteiger charge is 2.31. The molecule has 3 N–H and O–H groups in total. The van der Waals surface area contributed by atoms with Gasteiger partial charge in [0, 0.05) is 30.0 Å². The maximum absolute atomic E-state index is 5.35. The minimum absolute atomic E-state index is 0.243. The molecule has 0 saturated carbocycles. The lowest BCUT2D eigenvalue weighted by atomic mass is 10.0. The number of hydrogen-bond donors (Lipinski definition) is 2. The SMILES string of the molecule is CC1(C)CCCN1c1ccnc(NN)c1. The Balaban J connectivity index is 2.29. The highest BCUT2D eigenvalue weighted by Crippen LogP contribution is 2.33. The van der Waals surface area contributed by atoms with E-state index in [1.54, 1.807) is 6.20 Å². The van der Waals surface area contributed by atoms with Crippen LogP contribution >= 0.6 is 0 Å². The van der Waals surface area contributed by atoms with E-state index in [0.29, 0.717) is 0 Å². The summed E-state index contributed by atoms with van der Waals surface area (Å²) in [6.07, 6.45) is 4.28. The average Bonchev–Trinajstić information content (AvgIpc) is 2.58. The normalized spacial score (nSPS) is 19.3. The van der Waals surface area contributed by atoms with Gasteiger partial charge in [-0.15, -0.1) is 0 Å². The molecule has 1 saturated heterocycles. The Morgan fingerprint density at radius 2 is 2.33 bits per heavy atom. The molecule has 4 heteroatoms. The highest BCUT2D eigenvalue weighted by molar-refractivity contribution is 5.55. The van der Waals surface area contributed by atoms with Crippen molar-refractivity contribution in [3.63, 3.8) is 0 Å². The Labute approximate surface area is 90.5 Å². The summed E-state index contributed by atoms with van der Waals surface area (Å²) < 4.78 is 0. The molecule has 1 fully saturated rings. The topological polar surface area (TPSA) is 54.2 Å². The molecular formula is C11H18N4. The van der Waals surface area contributed by atoms with Crippen molar-refractivity contribution >= 4 is 11.5 Å². The summed E-state index contributed by atoms with van der Waals surface area (Å²) in [6, 6.07) is 4.03. The van der Waals surface area contributed by atoms with Gasteiger partial charge in [0.05, 0.1) is 0 Å². The van der Waals surface area contributed by atoms with E-state index in [2.05, 4.69) is 29.2 Å². The molecule has 2 heterocycles. The minimum atomic E-state index is 0.243. The second-order valence-corrected chi connectivity index (χ2v) is 4.61. The molecular weight excluding hydrogens is 188 g/mol. The van der Waals surface area contributed by atoms with Crippen LogP contribution in [0.25, 0.3) is 0 Å². The van der Waals surface area contributed by atoms with Crippen molar-refractivity contribution in [1.29, 1.82) is 0 Å². The molecule has 4 nitrogen and oxygen atoms in total. The zero-order chi connectivity index (χ0) is 10.9. The van der Waals surface area contributed by atoms with E-state index >= 15 is 0 Å². The molecule has 0 aromatic carbocycles. The second kappa shape index (κ2) is 3.70. The van der Waals surface area contributed by atoms with Crippen LogP contribution in [0.4, 0.5) is 11.5 Å². The van der Waals surface area contributed by atoms with Gasteiger partial charge >= 0.3 is 0 Å². The van der Waals surface area contributed by atoms with E-state index < -0.39 is 0 Å². The number of nitrogens with two attached hydrogens (primary N) is 1. The van der Waals surface area contributed by atoms with Crippen molar-refractivity contribution in [2.75, 3.05) is 16.9 Å². The smallest absolute Gasteiger partial charge is 0.141 e. The molecule has 2 rings (SSSR count). The minimum Gasteiger partial charge on any atom is -0.366 e. The fourth-order valence-corrected chi connectivity index (χ4v) is 2.25. The highest BCUT2D eigenvalue weighted by atomic mass is 15.3. The van der Waals surface area contributed by atoms with Crippen molar-refractivity contribution in [2.45, 2.75) is 32.2 Å². The third-order valence-corrected chi connectivity index (χ3v) is 3.10. The van der Waals surface area contributed by atoms with Gasteiger partial charge in [0.25, 0.3) is 0 Å². The molecule has 1 aliphatic rings. The summed E-state index contributed by atoms with van der Waals surface area (Å²) in [5.74, 6) is 6.07. The quantitative estimate of drug-likeness (QED) is 0.571. The molecule has 1 aliphatic heterocycles. The van der Waals surface area contributed by atoms with Crippen molar-refractivity contribution < 1.29 is 0 Å². The number of nitrogen functional groups attached to an aromatic ring is 1. The molecule has 0 amide bonds. The van der Waals surface area contributed by atoms with Crippen LogP contribution in [0.3, 0.4) is 0 Å². The van der Waals surface area contributed by atoms with Crippen molar-refractivity contribution in [3.8, 4) is 0 Å². The van der Waals surface area contributed by atoms with Gasteiger partial charge in [0.15, 0.2) is 0 Å². The first-order valence-electron chi connectivity index (χ1n) is 5.34. The van der Waals surface area contributed by atoms with Crippen LogP contribution in [0.5, 0.6) is 0 Å². The van der Waals surface area contributed by atoms with Crippen LogP contribution in [-0.4, -0.2) is 17.1 Å². The van der Waals surface area contributed by atoms with Crippen LogP contribution in [-0.2, 0) is 0 Å². The first kappa shape index (κ1) is 10.2. The van der Waals surface area contributed by atoms with Gasteiger partial charge in [-0.1, -0.05) is 0 Å². The Hall–Kier alpha value is -1.29. The molecule has 82 valence electrons. The predicted octanol–water partition coefficient (Wildman–Crippen LogP) is 1.75. The van der Waals surface area contributed by atoms with E-state index in [4.69, 9.17) is 5.84 Å². The number of rotatable bonds is 2. The van der Waals surface area contributed by atoms with Gasteiger partial charge in [0.2, 0.25) is 0 Å². The zero-order valence-corrected chi connectivity index (χ0v) is 9.33. The Kier molecular flexibility index (Phi) is 2.52. The maximum atomic E-state index is 5.35. The molecule has 1 aromatic heterocycles. The molecule has 0 atom stereocenters. The van der Waals surface area contributed by atoms with E-state index in [1.807, 2.05) is 12.1 Å². The third-order valence-electron chi connectivity index (χ3n) is 3.10. The first-order valence-corrected chi connectivity index (χ1v) is 5.34. The van der Waals surface area contributed by atoms with Crippen LogP contribution in [0.15, 0.2) is 18.3 Å². The molecule has 0 aliphatic carbocycles. The summed E-state index contributed by atoms with van der Waals surface area (Å²) in [4.78, 5) is 6.53. The number of pyridine rings is 1. The standard InChI is InChI=1S/C11H18N4/c1-11(2)5-3-7-15(11)9-4-6-13-10(8-9)14-12/h4,6,8H,3,5,7,12H2,1-2H3,(H,13,14). The summed E-state index contributed by atoms with van der Waals surface area (Å²) >= 11 is 0. The number of aromatic nitrogens is 1. The van der Waals surface area contributed by atoms with Crippen molar-refractivity contribution in [1.82, 2.24) is 4.98 Å². The van der Waals surface area contributed by atoms with E-state index in [-0.39, 0.29) is 5.54 Å². The van der Waals surface area contributed by atoms with Gasteiger partial charge in [0.1, 0.15) is 5.82 Å².